The molecule has 0 bridgehead atoms. The minimum atomic E-state index is -4.61. The lowest BCUT2D eigenvalue weighted by Crippen LogP contribution is -2.44. The topological polar surface area (TPSA) is 27.7 Å². The number of allylic oxidation sites excluding steroid dienone is 1. The molecule has 9 heteroatoms. The van der Waals surface area contributed by atoms with Gasteiger partial charge in [-0.15, -0.1) is 0 Å². The molecule has 1 aromatic carbocycles. The van der Waals surface area contributed by atoms with Crippen molar-refractivity contribution >= 4 is 0 Å². The van der Waals surface area contributed by atoms with E-state index in [0.717, 1.165) is 25.0 Å². The van der Waals surface area contributed by atoms with E-state index in [0.29, 0.717) is 12.5 Å². The van der Waals surface area contributed by atoms with Gasteiger partial charge in [-0.2, -0.15) is 22.0 Å². The monoisotopic (exact) mass is 398 g/mol. The molecule has 0 saturated carbocycles. The third-order valence-corrected chi connectivity index (χ3v) is 4.05. The lowest BCUT2D eigenvalue weighted by molar-refractivity contribution is -0.265. The Bertz CT molecular complexity index is 636. The van der Waals surface area contributed by atoms with E-state index >= 15 is 0 Å². The summed E-state index contributed by atoms with van der Waals surface area (Å²) in [4.78, 5) is 0. The van der Waals surface area contributed by atoms with Crippen molar-refractivity contribution in [3.05, 3.63) is 36.4 Å². The van der Waals surface area contributed by atoms with Gasteiger partial charge in [-0.1, -0.05) is 13.3 Å². The normalized spacial score (nSPS) is 21.4. The maximum Gasteiger partial charge on any atom is 0.424 e. The molecule has 152 valence electrons. The minimum absolute atomic E-state index is 0.115. The van der Waals surface area contributed by atoms with Crippen LogP contribution in [0.2, 0.25) is 0 Å². The molecule has 0 aromatic heterocycles. The zero-order valence-corrected chi connectivity index (χ0v) is 14.6. The van der Waals surface area contributed by atoms with Crippen LogP contribution in [0, 0.1) is 11.7 Å². The van der Waals surface area contributed by atoms with Crippen LogP contribution >= 0.6 is 0 Å². The zero-order chi connectivity index (χ0) is 20.1. The van der Waals surface area contributed by atoms with Crippen LogP contribution in [-0.2, 0) is 4.74 Å². The van der Waals surface area contributed by atoms with E-state index in [2.05, 4.69) is 9.47 Å². The van der Waals surface area contributed by atoms with Crippen LogP contribution in [-0.4, -0.2) is 25.0 Å². The van der Waals surface area contributed by atoms with Crippen LogP contribution in [0.1, 0.15) is 32.6 Å². The molecule has 0 aliphatic carbocycles. The van der Waals surface area contributed by atoms with Crippen molar-refractivity contribution in [1.29, 1.82) is 0 Å². The van der Waals surface area contributed by atoms with Gasteiger partial charge in [0.2, 0.25) is 0 Å². The summed E-state index contributed by atoms with van der Waals surface area (Å²) in [6.07, 6.45) is -7.15. The summed E-state index contributed by atoms with van der Waals surface area (Å²) in [7, 11) is 0. The Labute approximate surface area is 152 Å². The lowest BCUT2D eigenvalue weighted by Gasteiger charge is -2.33. The van der Waals surface area contributed by atoms with Gasteiger partial charge in [0.15, 0.2) is 17.7 Å². The first kappa shape index (κ1) is 21.4. The van der Waals surface area contributed by atoms with E-state index in [1.54, 1.807) is 0 Å². The predicted octanol–water partition coefficient (Wildman–Crippen LogP) is 5.85. The quantitative estimate of drug-likeness (QED) is 0.426. The number of ether oxygens (including phenoxy) is 3. The van der Waals surface area contributed by atoms with Crippen LogP contribution < -0.4 is 9.47 Å². The van der Waals surface area contributed by atoms with Crippen molar-refractivity contribution < 1.29 is 40.6 Å². The summed E-state index contributed by atoms with van der Waals surface area (Å²) in [5.74, 6) is -1.94. The van der Waals surface area contributed by atoms with Crippen molar-refractivity contribution in [3.63, 3.8) is 0 Å². The molecule has 1 aliphatic rings. The summed E-state index contributed by atoms with van der Waals surface area (Å²) in [6.45, 7) is 2.22. The smallest absolute Gasteiger partial charge is 0.424 e. The van der Waals surface area contributed by atoms with Gasteiger partial charge in [0.25, 0.3) is 0 Å². The fourth-order valence-corrected chi connectivity index (χ4v) is 2.75. The molecule has 1 fully saturated rings. The highest BCUT2D eigenvalue weighted by Gasteiger charge is 2.45. The lowest BCUT2D eigenvalue weighted by atomic mass is 9.94. The fourth-order valence-electron chi connectivity index (χ4n) is 2.75. The standard InChI is InChI=1S/C18H20F6O3/c1-2-3-12-4-7-16(26-11-12)18(23,24)27-13-5-6-15(14(19)10-13)25-9-8-17(20,21)22/h5-6,8-10,12,16H,2-4,7,11H2,1H3/b9-8+. The Kier molecular flexibility index (Phi) is 7.02. The van der Waals surface area contributed by atoms with E-state index in [4.69, 9.17) is 4.74 Å². The third kappa shape index (κ3) is 6.64. The van der Waals surface area contributed by atoms with Crippen molar-refractivity contribution in [3.8, 4) is 11.5 Å². The second-order valence-electron chi connectivity index (χ2n) is 6.27. The number of hydrogen-bond donors (Lipinski definition) is 0. The summed E-state index contributed by atoms with van der Waals surface area (Å²) in [5.41, 5.74) is 0. The molecule has 2 unspecified atom stereocenters. The Balaban J connectivity index is 1.96. The molecular weight excluding hydrogens is 378 g/mol. The van der Waals surface area contributed by atoms with Crippen LogP contribution in [0.4, 0.5) is 26.3 Å². The first-order valence-corrected chi connectivity index (χ1v) is 8.50. The predicted molar refractivity (Wildman–Crippen MR) is 85.2 cm³/mol. The molecule has 0 spiro atoms. The van der Waals surface area contributed by atoms with Crippen molar-refractivity contribution in [1.82, 2.24) is 0 Å². The second-order valence-corrected chi connectivity index (χ2v) is 6.27. The van der Waals surface area contributed by atoms with E-state index in [1.165, 1.54) is 0 Å². The SMILES string of the molecule is CCCC1CCC(C(F)(F)Oc2ccc(O/C=C/C(F)(F)F)c(F)c2)OC1. The molecular formula is C18H20F6O3. The number of alkyl halides is 5. The molecule has 1 saturated heterocycles. The number of hydrogen-bond acceptors (Lipinski definition) is 3. The average Bonchev–Trinajstić information content (AvgIpc) is 2.56. The van der Waals surface area contributed by atoms with Gasteiger partial charge in [0.1, 0.15) is 5.75 Å². The molecule has 27 heavy (non-hydrogen) atoms. The zero-order valence-electron chi connectivity index (χ0n) is 14.6. The number of halogens is 6. The van der Waals surface area contributed by atoms with Gasteiger partial charge in [0, 0.05) is 6.07 Å². The maximum absolute atomic E-state index is 14.2. The molecule has 0 N–H and O–H groups in total. The molecule has 2 rings (SSSR count). The van der Waals surface area contributed by atoms with Crippen molar-refractivity contribution in [2.75, 3.05) is 6.61 Å². The van der Waals surface area contributed by atoms with Gasteiger partial charge < -0.3 is 14.2 Å². The van der Waals surface area contributed by atoms with Crippen LogP contribution in [0.15, 0.2) is 30.5 Å². The molecule has 3 nitrogen and oxygen atoms in total. The highest BCUT2D eigenvalue weighted by molar-refractivity contribution is 5.33. The molecule has 2 atom stereocenters. The molecule has 0 radical (unpaired) electrons. The largest absolute Gasteiger partial charge is 0.462 e. The van der Waals surface area contributed by atoms with E-state index in [1.807, 2.05) is 6.92 Å². The van der Waals surface area contributed by atoms with Gasteiger partial charge >= 0.3 is 12.3 Å². The van der Waals surface area contributed by atoms with Crippen LogP contribution in [0.5, 0.6) is 11.5 Å². The molecule has 1 aliphatic heterocycles. The maximum atomic E-state index is 14.2. The Morgan fingerprint density at radius 2 is 1.93 bits per heavy atom. The summed E-state index contributed by atoms with van der Waals surface area (Å²) in [5, 5.41) is 0. The highest BCUT2D eigenvalue weighted by atomic mass is 19.4. The second kappa shape index (κ2) is 8.86. The molecule has 0 amide bonds. The highest BCUT2D eigenvalue weighted by Crippen LogP contribution is 2.35. The van der Waals surface area contributed by atoms with Gasteiger partial charge in [0.05, 0.1) is 18.9 Å². The Morgan fingerprint density at radius 1 is 1.19 bits per heavy atom. The minimum Gasteiger partial charge on any atom is -0.462 e. The summed E-state index contributed by atoms with van der Waals surface area (Å²) < 4.78 is 92.5. The third-order valence-electron chi connectivity index (χ3n) is 4.05. The Hall–Kier alpha value is -1.90. The fraction of sp³-hybridized carbons (Fsp3) is 0.556. The molecule has 1 aromatic rings. The van der Waals surface area contributed by atoms with Gasteiger partial charge in [-0.3, -0.25) is 0 Å². The Morgan fingerprint density at radius 3 is 2.48 bits per heavy atom. The van der Waals surface area contributed by atoms with Gasteiger partial charge in [-0.05, 0) is 37.3 Å². The van der Waals surface area contributed by atoms with Crippen molar-refractivity contribution in [2.45, 2.75) is 51.0 Å². The van der Waals surface area contributed by atoms with E-state index in [-0.39, 0.29) is 31.3 Å². The van der Waals surface area contributed by atoms with Gasteiger partial charge in [-0.25, -0.2) is 4.39 Å². The average molecular weight is 398 g/mol. The van der Waals surface area contributed by atoms with E-state index < -0.39 is 35.7 Å². The molecule has 1 heterocycles. The first-order valence-electron chi connectivity index (χ1n) is 8.50. The number of rotatable bonds is 7. The van der Waals surface area contributed by atoms with Crippen molar-refractivity contribution in [2.24, 2.45) is 5.92 Å². The number of benzene rings is 1. The van der Waals surface area contributed by atoms with Crippen LogP contribution in [0.3, 0.4) is 0 Å². The van der Waals surface area contributed by atoms with Crippen LogP contribution in [0.25, 0.3) is 0 Å². The van der Waals surface area contributed by atoms with E-state index in [9.17, 15) is 26.3 Å². The summed E-state index contributed by atoms with van der Waals surface area (Å²) in [6, 6.07) is 2.50. The first-order chi connectivity index (χ1) is 12.6. The summed E-state index contributed by atoms with van der Waals surface area (Å²) >= 11 is 0.